The van der Waals surface area contributed by atoms with Gasteiger partial charge in [0.2, 0.25) is 0 Å². The lowest BCUT2D eigenvalue weighted by molar-refractivity contribution is -0.384. The average Bonchev–Trinajstić information content (AvgIpc) is 3.67. The molecule has 0 spiro atoms. The van der Waals surface area contributed by atoms with Crippen LogP contribution in [0.5, 0.6) is 0 Å². The van der Waals surface area contributed by atoms with Gasteiger partial charge in [-0.15, -0.1) is 0 Å². The van der Waals surface area contributed by atoms with Gasteiger partial charge in [-0.25, -0.2) is 9.79 Å². The maximum Gasteiger partial charge on any atom is 0.338 e. The molecule has 3 heterocycles. The molecule has 0 radical (unpaired) electrons. The van der Waals surface area contributed by atoms with Crippen LogP contribution >= 0.6 is 11.3 Å². The standard InChI is InChI=1S/C30H25N3O6S/c1-3-38-29(35)26-17(2)31-30-32(27(26)20-12-11-18-7-6-8-19(18)15-20)28(34)25(40-30)16-21-13-14-24(39-21)22-9-4-5-10-23(22)33(36)37/h4-5,9-16,27H,3,6-8H2,1-2H3/b25-16-. The molecule has 1 aliphatic heterocycles. The highest BCUT2D eigenvalue weighted by molar-refractivity contribution is 7.07. The maximum absolute atomic E-state index is 13.9. The molecule has 0 N–H and O–H groups in total. The number of benzene rings is 2. The van der Waals surface area contributed by atoms with Crippen molar-refractivity contribution >= 4 is 29.1 Å². The molecule has 2 aromatic heterocycles. The van der Waals surface area contributed by atoms with Gasteiger partial charge in [0, 0.05) is 12.1 Å². The summed E-state index contributed by atoms with van der Waals surface area (Å²) in [6.07, 6.45) is 4.67. The van der Waals surface area contributed by atoms with Gasteiger partial charge in [-0.3, -0.25) is 19.5 Å². The first kappa shape index (κ1) is 25.7. The minimum Gasteiger partial charge on any atom is -0.463 e. The van der Waals surface area contributed by atoms with E-state index >= 15 is 0 Å². The molecule has 1 atom stereocenters. The zero-order valence-corrected chi connectivity index (χ0v) is 22.7. The number of furan rings is 1. The monoisotopic (exact) mass is 555 g/mol. The SMILES string of the molecule is CCOC(=O)C1=C(C)N=c2s/c(=C\c3ccc(-c4ccccc4[N+](=O)[O-])o3)c(=O)n2C1c1ccc2c(c1)CCC2. The van der Waals surface area contributed by atoms with Crippen LogP contribution in [0.3, 0.4) is 0 Å². The van der Waals surface area contributed by atoms with Crippen molar-refractivity contribution in [1.82, 2.24) is 4.57 Å². The van der Waals surface area contributed by atoms with Crippen molar-refractivity contribution in [2.45, 2.75) is 39.2 Å². The van der Waals surface area contributed by atoms with E-state index in [-0.39, 0.29) is 17.9 Å². The first-order valence-electron chi connectivity index (χ1n) is 13.0. The highest BCUT2D eigenvalue weighted by Crippen LogP contribution is 2.34. The van der Waals surface area contributed by atoms with Gasteiger partial charge in [0.1, 0.15) is 11.5 Å². The fourth-order valence-corrected chi connectivity index (χ4v) is 6.44. The van der Waals surface area contributed by atoms with E-state index < -0.39 is 16.9 Å². The van der Waals surface area contributed by atoms with E-state index in [0.29, 0.717) is 37.7 Å². The van der Waals surface area contributed by atoms with E-state index in [1.807, 2.05) is 6.07 Å². The van der Waals surface area contributed by atoms with Crippen LogP contribution in [0.2, 0.25) is 0 Å². The lowest BCUT2D eigenvalue weighted by atomic mass is 9.93. The van der Waals surface area contributed by atoms with Crippen LogP contribution in [0.25, 0.3) is 17.4 Å². The molecule has 0 saturated carbocycles. The number of nitrogens with zero attached hydrogens (tertiary/aromatic N) is 3. The third kappa shape index (κ3) is 4.40. The Morgan fingerprint density at radius 3 is 2.80 bits per heavy atom. The largest absolute Gasteiger partial charge is 0.463 e. The number of fused-ring (bicyclic) bond motifs is 2. The van der Waals surface area contributed by atoms with E-state index in [0.717, 1.165) is 24.8 Å². The summed E-state index contributed by atoms with van der Waals surface area (Å²) in [7, 11) is 0. The van der Waals surface area contributed by atoms with Crippen LogP contribution in [0.15, 0.2) is 80.1 Å². The number of thiazole rings is 1. The van der Waals surface area contributed by atoms with Crippen molar-refractivity contribution in [3.63, 3.8) is 0 Å². The first-order chi connectivity index (χ1) is 19.4. The second-order valence-corrected chi connectivity index (χ2v) is 10.7. The molecular formula is C30H25N3O6S. The van der Waals surface area contributed by atoms with Crippen LogP contribution in [-0.4, -0.2) is 22.1 Å². The molecule has 0 amide bonds. The van der Waals surface area contributed by atoms with Gasteiger partial charge >= 0.3 is 5.97 Å². The van der Waals surface area contributed by atoms with Crippen molar-refractivity contribution in [3.05, 3.63) is 118 Å². The second-order valence-electron chi connectivity index (χ2n) is 9.66. The predicted octanol–water partition coefficient (Wildman–Crippen LogP) is 4.46. The zero-order valence-electron chi connectivity index (χ0n) is 21.9. The first-order valence-corrected chi connectivity index (χ1v) is 13.8. The van der Waals surface area contributed by atoms with Crippen LogP contribution in [0.4, 0.5) is 5.69 Å². The summed E-state index contributed by atoms with van der Waals surface area (Å²) in [5.74, 6) is 0.195. The highest BCUT2D eigenvalue weighted by Gasteiger charge is 2.34. The van der Waals surface area contributed by atoms with Gasteiger partial charge in [-0.1, -0.05) is 41.7 Å². The molecule has 0 fully saturated rings. The van der Waals surface area contributed by atoms with Gasteiger partial charge in [-0.05, 0) is 68.0 Å². The number of hydrogen-bond acceptors (Lipinski definition) is 8. The fourth-order valence-electron chi connectivity index (χ4n) is 5.41. The summed E-state index contributed by atoms with van der Waals surface area (Å²) in [6, 6.07) is 15.1. The summed E-state index contributed by atoms with van der Waals surface area (Å²) < 4.78 is 13.2. The average molecular weight is 556 g/mol. The Balaban J connectivity index is 1.48. The molecular weight excluding hydrogens is 530 g/mol. The van der Waals surface area contributed by atoms with Crippen molar-refractivity contribution in [2.75, 3.05) is 6.61 Å². The number of nitro benzene ring substituents is 1. The molecule has 4 aromatic rings. The number of carbonyl (C=O) groups is 1. The third-order valence-corrected chi connectivity index (χ3v) is 8.20. The molecule has 202 valence electrons. The Morgan fingerprint density at radius 1 is 1.20 bits per heavy atom. The number of hydrogen-bond donors (Lipinski definition) is 0. The Hall–Kier alpha value is -4.57. The van der Waals surface area contributed by atoms with Gasteiger partial charge < -0.3 is 9.15 Å². The summed E-state index contributed by atoms with van der Waals surface area (Å²) in [5, 5.41) is 11.5. The summed E-state index contributed by atoms with van der Waals surface area (Å²) >= 11 is 1.20. The van der Waals surface area contributed by atoms with Gasteiger partial charge in [0.25, 0.3) is 11.2 Å². The summed E-state index contributed by atoms with van der Waals surface area (Å²) in [6.45, 7) is 3.71. The van der Waals surface area contributed by atoms with Crippen LogP contribution < -0.4 is 14.9 Å². The number of esters is 1. The molecule has 9 nitrogen and oxygen atoms in total. The molecule has 0 bridgehead atoms. The van der Waals surface area contributed by atoms with Crippen molar-refractivity contribution in [2.24, 2.45) is 4.99 Å². The number of ether oxygens (including phenoxy) is 1. The van der Waals surface area contributed by atoms with Crippen molar-refractivity contribution in [1.29, 1.82) is 0 Å². The topological polar surface area (TPSA) is 117 Å². The molecule has 6 rings (SSSR count). The van der Waals surface area contributed by atoms with Gasteiger partial charge in [-0.2, -0.15) is 0 Å². The number of nitro groups is 1. The molecule has 1 aliphatic carbocycles. The highest BCUT2D eigenvalue weighted by atomic mass is 32.1. The van der Waals surface area contributed by atoms with E-state index in [4.69, 9.17) is 9.15 Å². The number of carbonyl (C=O) groups excluding carboxylic acids is 1. The number of aromatic nitrogens is 1. The summed E-state index contributed by atoms with van der Waals surface area (Å²) in [4.78, 5) is 43.1. The minimum absolute atomic E-state index is 0.0703. The molecule has 2 aromatic carbocycles. The van der Waals surface area contributed by atoms with E-state index in [2.05, 4.69) is 17.1 Å². The Labute approximate surface area is 232 Å². The Kier molecular flexibility index (Phi) is 6.55. The third-order valence-electron chi connectivity index (χ3n) is 7.22. The normalized spacial score (nSPS) is 16.4. The van der Waals surface area contributed by atoms with Crippen LogP contribution in [0.1, 0.15) is 48.8 Å². The van der Waals surface area contributed by atoms with E-state index in [9.17, 15) is 19.7 Å². The van der Waals surface area contributed by atoms with Gasteiger partial charge in [0.15, 0.2) is 4.80 Å². The smallest absolute Gasteiger partial charge is 0.338 e. The number of aryl methyl sites for hydroxylation is 2. The minimum atomic E-state index is -0.678. The quantitative estimate of drug-likeness (QED) is 0.197. The Bertz CT molecular complexity index is 1890. The van der Waals surface area contributed by atoms with Gasteiger partial charge in [0.05, 0.1) is 38.9 Å². The summed E-state index contributed by atoms with van der Waals surface area (Å²) in [5.41, 5.74) is 4.18. The second kappa shape index (κ2) is 10.2. The number of allylic oxidation sites excluding steroid dienone is 1. The fraction of sp³-hybridized carbons (Fsp3) is 0.233. The predicted molar refractivity (Wildman–Crippen MR) is 150 cm³/mol. The maximum atomic E-state index is 13.9. The molecule has 10 heteroatoms. The van der Waals surface area contributed by atoms with Crippen LogP contribution in [0, 0.1) is 10.1 Å². The van der Waals surface area contributed by atoms with E-state index in [1.165, 1.54) is 28.5 Å². The number of para-hydroxylation sites is 1. The molecule has 0 saturated heterocycles. The zero-order chi connectivity index (χ0) is 28.0. The lowest BCUT2D eigenvalue weighted by Gasteiger charge is -2.25. The number of rotatable bonds is 6. The Morgan fingerprint density at radius 2 is 2.00 bits per heavy atom. The molecule has 2 aliphatic rings. The van der Waals surface area contributed by atoms with Crippen molar-refractivity contribution < 1.29 is 18.9 Å². The molecule has 1 unspecified atom stereocenters. The lowest BCUT2D eigenvalue weighted by Crippen LogP contribution is -2.40. The van der Waals surface area contributed by atoms with Crippen molar-refractivity contribution in [3.8, 4) is 11.3 Å². The van der Waals surface area contributed by atoms with Crippen LogP contribution in [-0.2, 0) is 22.4 Å². The van der Waals surface area contributed by atoms with E-state index in [1.54, 1.807) is 54.8 Å². The molecule has 40 heavy (non-hydrogen) atoms.